The van der Waals surface area contributed by atoms with Gasteiger partial charge in [-0.05, 0) is 37.0 Å². The van der Waals surface area contributed by atoms with Crippen LogP contribution in [0.3, 0.4) is 0 Å². The fraction of sp³-hybridized carbons (Fsp3) is 0.211. The Bertz CT molecular complexity index is 953. The molecule has 7 heteroatoms. The lowest BCUT2D eigenvalue weighted by Crippen LogP contribution is -2.18. The van der Waals surface area contributed by atoms with Gasteiger partial charge in [0.15, 0.2) is 0 Å². The summed E-state index contributed by atoms with van der Waals surface area (Å²) in [6, 6.07) is 8.98. The number of methoxy groups -OCH3 is 1. The highest BCUT2D eigenvalue weighted by Crippen LogP contribution is 2.39. The maximum absolute atomic E-state index is 12.6. The second kappa shape index (κ2) is 7.42. The van der Waals surface area contributed by atoms with Crippen LogP contribution in [0.5, 0.6) is 5.75 Å². The molecule has 0 atom stereocenters. The number of benzene rings is 1. The molecule has 0 aliphatic heterocycles. The van der Waals surface area contributed by atoms with Crippen molar-refractivity contribution in [3.05, 3.63) is 51.4 Å². The van der Waals surface area contributed by atoms with E-state index in [1.54, 1.807) is 24.3 Å². The summed E-state index contributed by atoms with van der Waals surface area (Å²) < 4.78 is 5.24. The summed E-state index contributed by atoms with van der Waals surface area (Å²) in [5.41, 5.74) is 7.32. The van der Waals surface area contributed by atoms with Gasteiger partial charge in [-0.2, -0.15) is 5.26 Å². The van der Waals surface area contributed by atoms with Gasteiger partial charge in [0.05, 0.1) is 12.7 Å². The molecule has 0 radical (unpaired) electrons. The molecular weight excluding hydrogens is 350 g/mol. The molecule has 3 N–H and O–H groups in total. The van der Waals surface area contributed by atoms with E-state index in [-0.39, 0.29) is 5.57 Å². The average Bonchev–Trinajstić information content (AvgIpc) is 3.20. The first-order valence-corrected chi connectivity index (χ1v) is 8.87. The van der Waals surface area contributed by atoms with Crippen molar-refractivity contribution in [3.63, 3.8) is 0 Å². The number of fused-ring (bicyclic) bond motifs is 1. The highest BCUT2D eigenvalue weighted by atomic mass is 32.1. The lowest BCUT2D eigenvalue weighted by atomic mass is 10.1. The van der Waals surface area contributed by atoms with Gasteiger partial charge in [-0.25, -0.2) is 0 Å². The molecule has 1 aliphatic carbocycles. The minimum atomic E-state index is -0.583. The van der Waals surface area contributed by atoms with Gasteiger partial charge in [0.1, 0.15) is 22.4 Å². The average molecular weight is 367 g/mol. The molecule has 1 heterocycles. The third kappa shape index (κ3) is 3.32. The lowest BCUT2D eigenvalue weighted by Gasteiger charge is -2.07. The largest absolute Gasteiger partial charge is 0.496 e. The predicted octanol–water partition coefficient (Wildman–Crippen LogP) is 2.89. The number of primary amides is 1. The molecule has 0 spiro atoms. The molecule has 1 aliphatic rings. The number of para-hydroxylation sites is 1. The van der Waals surface area contributed by atoms with Gasteiger partial charge in [-0.3, -0.25) is 9.59 Å². The number of ether oxygens (including phenoxy) is 1. The molecule has 2 aromatic rings. The van der Waals surface area contributed by atoms with Crippen molar-refractivity contribution in [2.24, 2.45) is 5.73 Å². The van der Waals surface area contributed by atoms with Crippen molar-refractivity contribution in [1.29, 1.82) is 5.26 Å². The standard InChI is InChI=1S/C19H17N3O3S/c1-25-14-7-3-2-5-11(14)9-12(10-20)18(24)22-19-16(17(21)23)13-6-4-8-15(13)26-19/h2-3,5,7,9H,4,6,8H2,1H3,(H2,21,23)(H,22,24)/b12-9+. The minimum Gasteiger partial charge on any atom is -0.496 e. The number of carbonyl (C=O) groups is 2. The van der Waals surface area contributed by atoms with Gasteiger partial charge in [-0.15, -0.1) is 11.3 Å². The quantitative estimate of drug-likeness (QED) is 0.626. The third-order valence-electron chi connectivity index (χ3n) is 4.20. The minimum absolute atomic E-state index is 0.0847. The van der Waals surface area contributed by atoms with Crippen molar-refractivity contribution in [1.82, 2.24) is 0 Å². The second-order valence-corrected chi connectivity index (χ2v) is 6.90. The first kappa shape index (κ1) is 17.7. The van der Waals surface area contributed by atoms with Crippen LogP contribution in [-0.4, -0.2) is 18.9 Å². The van der Waals surface area contributed by atoms with Crippen LogP contribution in [0, 0.1) is 11.3 Å². The number of nitrogens with one attached hydrogen (secondary N) is 1. The van der Waals surface area contributed by atoms with Crippen molar-refractivity contribution in [2.45, 2.75) is 19.3 Å². The van der Waals surface area contributed by atoms with Crippen LogP contribution in [0.4, 0.5) is 5.00 Å². The molecule has 2 amide bonds. The smallest absolute Gasteiger partial charge is 0.266 e. The first-order chi connectivity index (χ1) is 12.5. The Labute approximate surface area is 154 Å². The summed E-state index contributed by atoms with van der Waals surface area (Å²) in [7, 11) is 1.52. The van der Waals surface area contributed by atoms with Crippen molar-refractivity contribution < 1.29 is 14.3 Å². The zero-order valence-electron chi connectivity index (χ0n) is 14.2. The maximum Gasteiger partial charge on any atom is 0.266 e. The summed E-state index contributed by atoms with van der Waals surface area (Å²) in [6.45, 7) is 0. The van der Waals surface area contributed by atoms with E-state index in [4.69, 9.17) is 10.5 Å². The van der Waals surface area contributed by atoms with Gasteiger partial charge in [0, 0.05) is 10.4 Å². The van der Waals surface area contributed by atoms with E-state index < -0.39 is 11.8 Å². The number of nitrogens with two attached hydrogens (primary N) is 1. The van der Waals surface area contributed by atoms with Crippen LogP contribution < -0.4 is 15.8 Å². The molecule has 26 heavy (non-hydrogen) atoms. The number of aryl methyl sites for hydroxylation is 1. The van der Waals surface area contributed by atoms with Gasteiger partial charge >= 0.3 is 0 Å². The van der Waals surface area contributed by atoms with Gasteiger partial charge in [-0.1, -0.05) is 18.2 Å². The number of nitrogens with zero attached hydrogens (tertiary/aromatic N) is 1. The van der Waals surface area contributed by atoms with E-state index in [2.05, 4.69) is 5.32 Å². The number of anilines is 1. The Morgan fingerprint density at radius 1 is 1.35 bits per heavy atom. The van der Waals surface area contributed by atoms with Crippen molar-refractivity contribution >= 4 is 34.2 Å². The Morgan fingerprint density at radius 3 is 2.81 bits per heavy atom. The molecule has 6 nitrogen and oxygen atoms in total. The summed E-state index contributed by atoms with van der Waals surface area (Å²) in [4.78, 5) is 25.5. The SMILES string of the molecule is COc1ccccc1/C=C(\C#N)C(=O)Nc1sc2c(c1C(N)=O)CCC2. The first-order valence-electron chi connectivity index (χ1n) is 8.05. The van der Waals surface area contributed by atoms with Crippen LogP contribution in [-0.2, 0) is 17.6 Å². The molecule has 0 bridgehead atoms. The second-order valence-electron chi connectivity index (χ2n) is 5.79. The van der Waals surface area contributed by atoms with Crippen LogP contribution in [0.2, 0.25) is 0 Å². The Morgan fingerprint density at radius 2 is 2.12 bits per heavy atom. The molecule has 0 fully saturated rings. The summed E-state index contributed by atoms with van der Waals surface area (Å²) in [5, 5.41) is 12.5. The molecule has 3 rings (SSSR count). The topological polar surface area (TPSA) is 105 Å². The number of carbonyl (C=O) groups excluding carboxylic acids is 2. The van der Waals surface area contributed by atoms with Crippen LogP contribution >= 0.6 is 11.3 Å². The predicted molar refractivity (Wildman–Crippen MR) is 100 cm³/mol. The fourth-order valence-electron chi connectivity index (χ4n) is 3.01. The lowest BCUT2D eigenvalue weighted by molar-refractivity contribution is -0.112. The molecule has 0 saturated carbocycles. The molecule has 0 saturated heterocycles. The van der Waals surface area contributed by atoms with E-state index in [9.17, 15) is 14.9 Å². The summed E-state index contributed by atoms with van der Waals surface area (Å²) in [6.07, 6.45) is 4.09. The van der Waals surface area contributed by atoms with Crippen LogP contribution in [0.1, 0.15) is 32.8 Å². The van der Waals surface area contributed by atoms with Gasteiger partial charge in [0.25, 0.3) is 11.8 Å². The van der Waals surface area contributed by atoms with E-state index >= 15 is 0 Å². The zero-order valence-corrected chi connectivity index (χ0v) is 15.0. The monoisotopic (exact) mass is 367 g/mol. The number of rotatable bonds is 5. The Kier molecular flexibility index (Phi) is 5.05. The zero-order chi connectivity index (χ0) is 18.7. The van der Waals surface area contributed by atoms with E-state index in [1.807, 2.05) is 6.07 Å². The molecule has 1 aromatic heterocycles. The van der Waals surface area contributed by atoms with Crippen molar-refractivity contribution in [2.75, 3.05) is 12.4 Å². The summed E-state index contributed by atoms with van der Waals surface area (Å²) >= 11 is 1.35. The fourth-order valence-corrected chi connectivity index (χ4v) is 4.30. The highest BCUT2D eigenvalue weighted by Gasteiger charge is 2.26. The number of hydrogen-bond acceptors (Lipinski definition) is 5. The molecule has 1 aromatic carbocycles. The third-order valence-corrected chi connectivity index (χ3v) is 5.41. The summed E-state index contributed by atoms with van der Waals surface area (Å²) in [5.74, 6) is -0.589. The Balaban J connectivity index is 1.91. The molecule has 0 unspecified atom stereocenters. The maximum atomic E-state index is 12.6. The molecular formula is C19H17N3O3S. The van der Waals surface area contributed by atoms with Crippen LogP contribution in [0.15, 0.2) is 29.8 Å². The Hall–Kier alpha value is -3.11. The highest BCUT2D eigenvalue weighted by molar-refractivity contribution is 7.17. The van der Waals surface area contributed by atoms with E-state index in [0.29, 0.717) is 21.9 Å². The number of amides is 2. The molecule has 132 valence electrons. The van der Waals surface area contributed by atoms with E-state index in [1.165, 1.54) is 24.5 Å². The van der Waals surface area contributed by atoms with Crippen LogP contribution in [0.25, 0.3) is 6.08 Å². The number of hydrogen-bond donors (Lipinski definition) is 2. The number of nitriles is 1. The van der Waals surface area contributed by atoms with Gasteiger partial charge < -0.3 is 15.8 Å². The van der Waals surface area contributed by atoms with Crippen molar-refractivity contribution in [3.8, 4) is 11.8 Å². The number of thiophene rings is 1. The van der Waals surface area contributed by atoms with Gasteiger partial charge in [0.2, 0.25) is 0 Å². The normalized spacial score (nSPS) is 13.0. The van der Waals surface area contributed by atoms with E-state index in [0.717, 1.165) is 29.7 Å².